The SMILES string of the molecule is Cc1c(N(c2ccc(-c3nc(C(=O)O)cs3)cc2S(C)(=O)=O)S(=O)O)sc2ccc(F)cc12. The maximum absolute atomic E-state index is 13.7. The number of hydrogen-bond acceptors (Lipinski definition) is 7. The smallest absolute Gasteiger partial charge is 0.355 e. The summed E-state index contributed by atoms with van der Waals surface area (Å²) in [7, 11) is -3.89. The molecule has 33 heavy (non-hydrogen) atoms. The quantitative estimate of drug-likeness (QED) is 0.344. The predicted octanol–water partition coefficient (Wildman–Crippen LogP) is 4.85. The van der Waals surface area contributed by atoms with Gasteiger partial charge >= 0.3 is 5.97 Å². The van der Waals surface area contributed by atoms with Gasteiger partial charge in [-0.3, -0.25) is 4.55 Å². The van der Waals surface area contributed by atoms with E-state index in [2.05, 4.69) is 4.98 Å². The molecule has 1 unspecified atom stereocenters. The molecule has 0 radical (unpaired) electrons. The van der Waals surface area contributed by atoms with E-state index in [9.17, 15) is 26.4 Å². The largest absolute Gasteiger partial charge is 0.476 e. The van der Waals surface area contributed by atoms with Gasteiger partial charge in [0, 0.05) is 27.3 Å². The van der Waals surface area contributed by atoms with Gasteiger partial charge in [-0.05, 0) is 48.9 Å². The summed E-state index contributed by atoms with van der Waals surface area (Å²) in [5.41, 5.74) is 0.639. The Balaban J connectivity index is 1.92. The van der Waals surface area contributed by atoms with Gasteiger partial charge in [0.1, 0.15) is 15.8 Å². The van der Waals surface area contributed by atoms with E-state index in [0.29, 0.717) is 21.2 Å². The van der Waals surface area contributed by atoms with Crippen LogP contribution in [0.15, 0.2) is 46.7 Å². The molecular weight excluding hydrogens is 511 g/mol. The Bertz CT molecular complexity index is 1540. The van der Waals surface area contributed by atoms with Crippen molar-refractivity contribution in [3.63, 3.8) is 0 Å². The van der Waals surface area contributed by atoms with Crippen molar-refractivity contribution in [2.24, 2.45) is 0 Å². The Morgan fingerprint density at radius 1 is 1.21 bits per heavy atom. The highest BCUT2D eigenvalue weighted by Crippen LogP contribution is 2.44. The molecule has 2 N–H and O–H groups in total. The third-order valence-electron chi connectivity index (χ3n) is 4.76. The number of halogens is 1. The van der Waals surface area contributed by atoms with Gasteiger partial charge in [0.15, 0.2) is 15.5 Å². The molecule has 2 heterocycles. The third-order valence-corrected chi connectivity index (χ3v) is 8.84. The zero-order chi connectivity index (χ0) is 24.1. The number of fused-ring (bicyclic) bond motifs is 1. The van der Waals surface area contributed by atoms with E-state index in [1.54, 1.807) is 13.0 Å². The summed E-state index contributed by atoms with van der Waals surface area (Å²) in [6.07, 6.45) is 0.964. The number of carboxylic acids is 1. The van der Waals surface area contributed by atoms with Crippen molar-refractivity contribution in [2.75, 3.05) is 10.6 Å². The molecule has 4 aromatic rings. The van der Waals surface area contributed by atoms with Crippen molar-refractivity contribution in [1.82, 2.24) is 4.98 Å². The second kappa shape index (κ2) is 8.57. The highest BCUT2D eigenvalue weighted by Gasteiger charge is 2.28. The van der Waals surface area contributed by atoms with Crippen LogP contribution in [0.4, 0.5) is 15.1 Å². The number of sulfone groups is 1. The molecule has 0 saturated carbocycles. The van der Waals surface area contributed by atoms with Crippen LogP contribution in [-0.4, -0.2) is 39.5 Å². The monoisotopic (exact) mass is 526 g/mol. The van der Waals surface area contributed by atoms with Crippen molar-refractivity contribution < 1.29 is 31.5 Å². The van der Waals surface area contributed by atoms with Crippen LogP contribution in [0.5, 0.6) is 0 Å². The summed E-state index contributed by atoms with van der Waals surface area (Å²) in [4.78, 5) is 14.9. The number of benzene rings is 2. The maximum atomic E-state index is 13.7. The normalized spacial score (nSPS) is 12.7. The molecule has 0 bridgehead atoms. The molecule has 0 aliphatic rings. The molecule has 4 rings (SSSR count). The highest BCUT2D eigenvalue weighted by atomic mass is 32.2. The van der Waals surface area contributed by atoms with Gasteiger partial charge in [-0.1, -0.05) is 0 Å². The van der Waals surface area contributed by atoms with Gasteiger partial charge in [0.05, 0.1) is 10.6 Å². The second-order valence-corrected chi connectivity index (χ2v) is 11.7. The molecule has 2 aromatic carbocycles. The molecular formula is C20H15FN2O6S4. The Labute approximate surface area is 198 Å². The maximum Gasteiger partial charge on any atom is 0.355 e. The van der Waals surface area contributed by atoms with E-state index in [-0.39, 0.29) is 26.3 Å². The average Bonchev–Trinajstić information content (AvgIpc) is 3.34. The summed E-state index contributed by atoms with van der Waals surface area (Å²) in [5, 5.41) is 11.6. The summed E-state index contributed by atoms with van der Waals surface area (Å²) in [6, 6.07) is 8.29. The van der Waals surface area contributed by atoms with Gasteiger partial charge in [-0.25, -0.2) is 31.1 Å². The first-order valence-electron chi connectivity index (χ1n) is 9.10. The summed E-state index contributed by atoms with van der Waals surface area (Å²) in [5.74, 6) is -1.67. The van der Waals surface area contributed by atoms with Crippen molar-refractivity contribution >= 4 is 70.5 Å². The zero-order valence-corrected chi connectivity index (χ0v) is 20.2. The van der Waals surface area contributed by atoms with Crippen LogP contribution in [-0.2, 0) is 21.1 Å². The molecule has 0 aliphatic carbocycles. The van der Waals surface area contributed by atoms with Crippen LogP contribution in [0.3, 0.4) is 0 Å². The Hall–Kier alpha value is -2.71. The minimum atomic E-state index is -3.89. The molecule has 2 aromatic heterocycles. The van der Waals surface area contributed by atoms with Crippen molar-refractivity contribution in [2.45, 2.75) is 11.8 Å². The minimum absolute atomic E-state index is 0.0489. The van der Waals surface area contributed by atoms with E-state index < -0.39 is 32.9 Å². The summed E-state index contributed by atoms with van der Waals surface area (Å²) >= 11 is -0.494. The highest BCUT2D eigenvalue weighted by molar-refractivity contribution is 7.91. The fraction of sp³-hybridized carbons (Fsp3) is 0.100. The van der Waals surface area contributed by atoms with Gasteiger partial charge < -0.3 is 5.11 Å². The molecule has 0 spiro atoms. The number of aromatic nitrogens is 1. The number of rotatable bonds is 6. The van der Waals surface area contributed by atoms with Crippen molar-refractivity contribution in [3.8, 4) is 10.6 Å². The number of nitrogens with zero attached hydrogens (tertiary/aromatic N) is 2. The van der Waals surface area contributed by atoms with Gasteiger partial charge in [-0.15, -0.1) is 22.7 Å². The van der Waals surface area contributed by atoms with Crippen molar-refractivity contribution in [1.29, 1.82) is 0 Å². The average molecular weight is 527 g/mol. The minimum Gasteiger partial charge on any atom is -0.476 e. The Morgan fingerprint density at radius 2 is 1.94 bits per heavy atom. The lowest BCUT2D eigenvalue weighted by molar-refractivity contribution is 0.0691. The molecule has 172 valence electrons. The zero-order valence-electron chi connectivity index (χ0n) is 17.0. The lowest BCUT2D eigenvalue weighted by Gasteiger charge is -2.22. The first-order chi connectivity index (χ1) is 15.5. The van der Waals surface area contributed by atoms with E-state index in [1.807, 2.05) is 0 Å². The third kappa shape index (κ3) is 4.42. The summed E-state index contributed by atoms with van der Waals surface area (Å²) < 4.78 is 63.2. The van der Waals surface area contributed by atoms with E-state index >= 15 is 0 Å². The van der Waals surface area contributed by atoms with Gasteiger partial charge in [0.25, 0.3) is 11.3 Å². The van der Waals surface area contributed by atoms with Crippen LogP contribution in [0.2, 0.25) is 0 Å². The molecule has 13 heteroatoms. The second-order valence-electron chi connectivity index (χ2n) is 7.00. The standard InChI is InChI=1S/C20H15FN2O6S4/c1-10-13-8-12(21)4-6-16(13)31-19(10)23(32(26)27)15-5-3-11(7-17(15)33(2,28)29)18-22-14(9-30-18)20(24)25/h3-9H,1-2H3,(H,24,25)(H,26,27). The predicted molar refractivity (Wildman–Crippen MR) is 127 cm³/mol. The fourth-order valence-electron chi connectivity index (χ4n) is 3.25. The molecule has 0 fully saturated rings. The van der Waals surface area contributed by atoms with Crippen LogP contribution in [0.25, 0.3) is 20.7 Å². The number of aryl methyl sites for hydroxylation is 1. The van der Waals surface area contributed by atoms with Crippen LogP contribution < -0.4 is 4.31 Å². The van der Waals surface area contributed by atoms with Crippen LogP contribution in [0.1, 0.15) is 16.1 Å². The van der Waals surface area contributed by atoms with E-state index in [1.165, 1.54) is 35.7 Å². The Morgan fingerprint density at radius 3 is 2.55 bits per heavy atom. The number of thiazole rings is 1. The molecule has 0 saturated heterocycles. The Kier molecular flexibility index (Phi) is 6.09. The number of hydrogen-bond donors (Lipinski definition) is 2. The topological polar surface area (TPSA) is 125 Å². The van der Waals surface area contributed by atoms with Gasteiger partial charge in [-0.2, -0.15) is 0 Å². The number of carbonyl (C=O) groups is 1. The molecule has 8 nitrogen and oxygen atoms in total. The number of aromatic carboxylic acids is 1. The van der Waals surface area contributed by atoms with Gasteiger partial charge in [0.2, 0.25) is 0 Å². The lowest BCUT2D eigenvalue weighted by Crippen LogP contribution is -2.21. The van der Waals surface area contributed by atoms with Crippen molar-refractivity contribution in [3.05, 3.63) is 58.9 Å². The molecule has 0 amide bonds. The molecule has 1 atom stereocenters. The van der Waals surface area contributed by atoms with Crippen LogP contribution in [0, 0.1) is 12.7 Å². The first-order valence-corrected chi connectivity index (χ1v) is 13.8. The molecule has 0 aliphatic heterocycles. The summed E-state index contributed by atoms with van der Waals surface area (Å²) in [6.45, 7) is 1.66. The van der Waals surface area contributed by atoms with E-state index in [4.69, 9.17) is 5.11 Å². The van der Waals surface area contributed by atoms with Crippen LogP contribution >= 0.6 is 22.7 Å². The fourth-order valence-corrected chi connectivity index (χ4v) is 7.00. The number of anilines is 2. The lowest BCUT2D eigenvalue weighted by atomic mass is 10.1. The number of carboxylic acid groups (broad SMARTS) is 1. The van der Waals surface area contributed by atoms with E-state index in [0.717, 1.165) is 33.2 Å². The number of thiophene rings is 1. The first kappa shape index (κ1) is 23.4.